The molecule has 3 heterocycles. The molecular formula is C41H57N3O7Si. The van der Waals surface area contributed by atoms with Gasteiger partial charge >= 0.3 is 0 Å². The number of fused-ring (bicyclic) bond motifs is 2. The topological polar surface area (TPSA) is 129 Å². The maximum Gasteiger partial charge on any atom is 0.264 e. The number of aliphatic hydroxyl groups is 2. The summed E-state index contributed by atoms with van der Waals surface area (Å²) in [5, 5.41) is 24.0. The lowest BCUT2D eigenvalue weighted by Crippen LogP contribution is -2.52. The third-order valence-electron chi connectivity index (χ3n) is 11.5. The van der Waals surface area contributed by atoms with Crippen LogP contribution in [0.5, 0.6) is 5.75 Å². The highest BCUT2D eigenvalue weighted by Gasteiger charge is 2.66. The number of likely N-dealkylation sites (tertiary alicyclic amines) is 1. The molecule has 0 saturated carbocycles. The fourth-order valence-electron chi connectivity index (χ4n) is 8.60. The Kier molecular flexibility index (Phi) is 12.2. The summed E-state index contributed by atoms with van der Waals surface area (Å²) in [6.07, 6.45) is 5.98. The summed E-state index contributed by atoms with van der Waals surface area (Å²) in [6, 6.07) is 13.3. The minimum atomic E-state index is -2.51. The normalized spacial score (nSPS) is 25.0. The lowest BCUT2D eigenvalue weighted by Gasteiger charge is -2.37. The predicted molar refractivity (Wildman–Crippen MR) is 208 cm³/mol. The average Bonchev–Trinajstić information content (AvgIpc) is 3.77. The Hall–Kier alpha value is -3.77. The van der Waals surface area contributed by atoms with Crippen molar-refractivity contribution in [1.29, 1.82) is 0 Å². The molecule has 282 valence electrons. The molecule has 0 bridgehead atoms. The van der Waals surface area contributed by atoms with E-state index < -0.39 is 31.8 Å². The Balaban J connectivity index is 1.61. The highest BCUT2D eigenvalue weighted by atomic mass is 28.3. The molecule has 5 rings (SSSR count). The van der Waals surface area contributed by atoms with Crippen LogP contribution in [0.25, 0.3) is 0 Å². The van der Waals surface area contributed by atoms with Crippen molar-refractivity contribution in [3.63, 3.8) is 0 Å². The molecule has 0 aromatic heterocycles. The Labute approximate surface area is 309 Å². The zero-order valence-electron chi connectivity index (χ0n) is 32.1. The number of nitrogens with one attached hydrogen (secondary N) is 1. The molecular weight excluding hydrogens is 675 g/mol. The van der Waals surface area contributed by atoms with Crippen LogP contribution in [-0.4, -0.2) is 86.0 Å². The first-order valence-corrected chi connectivity index (χ1v) is 21.7. The fourth-order valence-corrected chi connectivity index (χ4v) is 12.6. The second kappa shape index (κ2) is 16.1. The second-order valence-corrected chi connectivity index (χ2v) is 20.3. The van der Waals surface area contributed by atoms with Crippen LogP contribution in [0.1, 0.15) is 72.3 Å². The Morgan fingerprint density at radius 1 is 1.13 bits per heavy atom. The van der Waals surface area contributed by atoms with Crippen molar-refractivity contribution in [3.8, 4) is 5.75 Å². The van der Waals surface area contributed by atoms with Gasteiger partial charge in [0.2, 0.25) is 5.91 Å². The standard InChI is InChI=1S/C41H57N3O7Si/c1-26(2)11-9-12-27(3)20-22-44-35-19-14-30(42-39(48)29(5)46)23-34(35)41(40(44)49)28(4)38(52(7,8)33-17-15-32(50-6)16-18-33)36(51-41)24-37(47)43-21-10-13-31(43)25-45/h11,14-20,23,28-29,31,36,38,45-46H,9-10,12-13,21-22,24-25H2,1-8H3,(H,42,48)/b27-20+/t28-,29+,31+,36+,38-,41+/m1/s1. The SMILES string of the molecule is COc1ccc([Si](C)(C)[C@H]2[C@H](CC(=O)N3CCC[C@H]3CO)O[C@@]3(C(=O)N(C/C=C(\C)CCC=C(C)C)c4ccc(NC(=O)[C@H](C)O)cc43)[C@@H]2C)cc1. The summed E-state index contributed by atoms with van der Waals surface area (Å²) >= 11 is 0. The van der Waals surface area contributed by atoms with E-state index in [9.17, 15) is 19.8 Å². The smallest absolute Gasteiger partial charge is 0.264 e. The van der Waals surface area contributed by atoms with Crippen LogP contribution in [0.15, 0.2) is 65.8 Å². The van der Waals surface area contributed by atoms with Crippen molar-refractivity contribution in [2.24, 2.45) is 5.92 Å². The highest BCUT2D eigenvalue weighted by Crippen LogP contribution is 2.60. The van der Waals surface area contributed by atoms with Gasteiger partial charge in [-0.3, -0.25) is 14.4 Å². The molecule has 6 atom stereocenters. The molecule has 1 spiro atoms. The van der Waals surface area contributed by atoms with Crippen molar-refractivity contribution in [3.05, 3.63) is 71.3 Å². The number of ether oxygens (including phenoxy) is 2. The Morgan fingerprint density at radius 3 is 2.48 bits per heavy atom. The summed E-state index contributed by atoms with van der Waals surface area (Å²) in [7, 11) is -0.874. The molecule has 52 heavy (non-hydrogen) atoms. The highest BCUT2D eigenvalue weighted by molar-refractivity contribution is 6.91. The average molecular weight is 732 g/mol. The molecule has 2 aromatic rings. The quantitative estimate of drug-likeness (QED) is 0.180. The van der Waals surface area contributed by atoms with Crippen molar-refractivity contribution < 1.29 is 34.1 Å². The van der Waals surface area contributed by atoms with Gasteiger partial charge in [-0.2, -0.15) is 0 Å². The van der Waals surface area contributed by atoms with Crippen LogP contribution in [-0.2, 0) is 24.7 Å². The number of anilines is 2. The number of carbonyl (C=O) groups excluding carboxylic acids is 3. The summed E-state index contributed by atoms with van der Waals surface area (Å²) in [5.74, 6) is -0.406. The van der Waals surface area contributed by atoms with Crippen molar-refractivity contribution >= 4 is 42.4 Å². The van der Waals surface area contributed by atoms with E-state index in [0.717, 1.165) is 36.6 Å². The van der Waals surface area contributed by atoms with Gasteiger partial charge in [0.25, 0.3) is 11.8 Å². The maximum absolute atomic E-state index is 15.1. The first kappa shape index (κ1) is 39.4. The number of methoxy groups -OCH3 is 1. The van der Waals surface area contributed by atoms with E-state index in [0.29, 0.717) is 30.0 Å². The monoisotopic (exact) mass is 731 g/mol. The summed E-state index contributed by atoms with van der Waals surface area (Å²) < 4.78 is 12.6. The molecule has 0 radical (unpaired) electrons. The van der Waals surface area contributed by atoms with Gasteiger partial charge in [0.15, 0.2) is 5.60 Å². The van der Waals surface area contributed by atoms with Crippen molar-refractivity contribution in [2.45, 2.75) is 109 Å². The third kappa shape index (κ3) is 7.64. The lowest BCUT2D eigenvalue weighted by molar-refractivity contribution is -0.149. The molecule has 3 aliphatic heterocycles. The van der Waals surface area contributed by atoms with Crippen LogP contribution in [0.2, 0.25) is 18.6 Å². The second-order valence-electron chi connectivity index (χ2n) is 15.6. The summed E-state index contributed by atoms with van der Waals surface area (Å²) in [6.45, 7) is 15.1. The van der Waals surface area contributed by atoms with Crippen molar-refractivity contribution in [2.75, 3.05) is 37.0 Å². The molecule has 3 aliphatic rings. The summed E-state index contributed by atoms with van der Waals surface area (Å²) in [5.41, 5.74) is 2.67. The van der Waals surface area contributed by atoms with E-state index in [2.05, 4.69) is 70.4 Å². The van der Waals surface area contributed by atoms with Gasteiger partial charge in [-0.15, -0.1) is 0 Å². The van der Waals surface area contributed by atoms with Gasteiger partial charge in [0.1, 0.15) is 11.9 Å². The van der Waals surface area contributed by atoms with Gasteiger partial charge in [-0.1, -0.05) is 60.6 Å². The molecule has 2 fully saturated rings. The van der Waals surface area contributed by atoms with Gasteiger partial charge in [0.05, 0.1) is 46.0 Å². The first-order chi connectivity index (χ1) is 24.6. The van der Waals surface area contributed by atoms with Gasteiger partial charge < -0.3 is 34.8 Å². The minimum Gasteiger partial charge on any atom is -0.497 e. The van der Waals surface area contributed by atoms with Crippen LogP contribution in [0.4, 0.5) is 11.4 Å². The number of carbonyl (C=O) groups is 3. The number of benzene rings is 2. The lowest BCUT2D eigenvalue weighted by atomic mass is 9.82. The molecule has 3 amide bonds. The molecule has 11 heteroatoms. The Morgan fingerprint density at radius 2 is 1.85 bits per heavy atom. The van der Waals surface area contributed by atoms with Crippen LogP contribution >= 0.6 is 0 Å². The van der Waals surface area contributed by atoms with Gasteiger partial charge in [-0.05, 0) is 89.3 Å². The number of rotatable bonds is 13. The van der Waals surface area contributed by atoms with Crippen molar-refractivity contribution in [1.82, 2.24) is 4.90 Å². The first-order valence-electron chi connectivity index (χ1n) is 18.6. The van der Waals surface area contributed by atoms with E-state index in [1.54, 1.807) is 29.0 Å². The van der Waals surface area contributed by atoms with E-state index in [1.807, 2.05) is 18.2 Å². The molecule has 3 N–H and O–H groups in total. The number of hydrogen-bond acceptors (Lipinski definition) is 7. The zero-order valence-corrected chi connectivity index (χ0v) is 33.1. The minimum absolute atomic E-state index is 0.0780. The van der Waals surface area contributed by atoms with Crippen LogP contribution in [0, 0.1) is 5.92 Å². The molecule has 0 aliphatic carbocycles. The summed E-state index contributed by atoms with van der Waals surface area (Å²) in [4.78, 5) is 45.4. The Bertz CT molecular complexity index is 1700. The maximum atomic E-state index is 15.1. The fraction of sp³-hybridized carbons (Fsp3) is 0.537. The van der Waals surface area contributed by atoms with Gasteiger partial charge in [-0.25, -0.2) is 0 Å². The molecule has 0 unspecified atom stereocenters. The number of hydrogen-bond donors (Lipinski definition) is 3. The van der Waals surface area contributed by atoms with Crippen LogP contribution < -0.4 is 20.1 Å². The van der Waals surface area contributed by atoms with Gasteiger partial charge in [0, 0.05) is 30.3 Å². The van der Waals surface area contributed by atoms with E-state index >= 15 is 4.79 Å². The number of amides is 3. The molecule has 2 aromatic carbocycles. The molecule has 2 saturated heterocycles. The number of nitrogens with zero attached hydrogens (tertiary/aromatic N) is 2. The molecule has 10 nitrogen and oxygen atoms in total. The predicted octanol–water partition coefficient (Wildman–Crippen LogP) is 5.64. The zero-order chi connectivity index (χ0) is 38.0. The number of allylic oxidation sites excluding steroid dienone is 3. The third-order valence-corrected chi connectivity index (χ3v) is 15.8. The van der Waals surface area contributed by atoms with E-state index in [-0.39, 0.29) is 42.3 Å². The largest absolute Gasteiger partial charge is 0.497 e. The van der Waals surface area contributed by atoms with Crippen LogP contribution in [0.3, 0.4) is 0 Å². The van der Waals surface area contributed by atoms with E-state index in [1.165, 1.54) is 18.1 Å². The van der Waals surface area contributed by atoms with E-state index in [4.69, 9.17) is 9.47 Å². The number of aliphatic hydroxyl groups excluding tert-OH is 2.